The second-order valence-electron chi connectivity index (χ2n) is 4.69. The molecule has 0 N–H and O–H groups in total. The molecule has 0 aliphatic carbocycles. The van der Waals surface area contributed by atoms with E-state index in [1.165, 1.54) is 11.6 Å². The molecular weight excluding hydrogens is 239 g/mol. The predicted molar refractivity (Wildman–Crippen MR) is 77.9 cm³/mol. The molecule has 98 valence electrons. The van der Waals surface area contributed by atoms with Crippen molar-refractivity contribution in [1.82, 2.24) is 5.01 Å². The Kier molecular flexibility index (Phi) is 3.95. The summed E-state index contributed by atoms with van der Waals surface area (Å²) in [7, 11) is 3.71. The van der Waals surface area contributed by atoms with Gasteiger partial charge in [-0.25, -0.2) is 4.39 Å². The summed E-state index contributed by atoms with van der Waals surface area (Å²) in [6, 6.07) is 12.8. The molecular formula is C16H17FN2. The maximum absolute atomic E-state index is 13.5. The highest BCUT2D eigenvalue weighted by Gasteiger charge is 2.05. The van der Waals surface area contributed by atoms with E-state index in [9.17, 15) is 4.39 Å². The zero-order valence-corrected chi connectivity index (χ0v) is 11.4. The first-order valence-electron chi connectivity index (χ1n) is 6.14. The molecule has 0 heterocycles. The first-order valence-corrected chi connectivity index (χ1v) is 6.14. The molecule has 0 atom stereocenters. The molecule has 2 aromatic rings. The number of rotatable bonds is 3. The Labute approximate surface area is 113 Å². The number of aryl methyl sites for hydroxylation is 1. The molecule has 2 aromatic carbocycles. The molecule has 0 amide bonds. The SMILES string of the molecule is Cc1ccc(-c2cc(F)ccc2/C=N/N(C)C)cc1. The van der Waals surface area contributed by atoms with E-state index in [1.807, 2.05) is 45.3 Å². The smallest absolute Gasteiger partial charge is 0.123 e. The highest BCUT2D eigenvalue weighted by Crippen LogP contribution is 2.24. The molecule has 0 fully saturated rings. The van der Waals surface area contributed by atoms with Gasteiger partial charge in [0.25, 0.3) is 0 Å². The molecule has 19 heavy (non-hydrogen) atoms. The van der Waals surface area contributed by atoms with Crippen molar-refractivity contribution in [3.8, 4) is 11.1 Å². The summed E-state index contributed by atoms with van der Waals surface area (Å²) in [5, 5.41) is 5.92. The fourth-order valence-electron chi connectivity index (χ4n) is 1.80. The maximum Gasteiger partial charge on any atom is 0.123 e. The molecule has 0 saturated carbocycles. The molecule has 0 spiro atoms. The minimum Gasteiger partial charge on any atom is -0.303 e. The third kappa shape index (κ3) is 3.41. The Hall–Kier alpha value is -2.16. The van der Waals surface area contributed by atoms with E-state index < -0.39 is 0 Å². The van der Waals surface area contributed by atoms with Crippen molar-refractivity contribution in [2.75, 3.05) is 14.1 Å². The summed E-state index contributed by atoms with van der Waals surface area (Å²) in [5.74, 6) is -0.238. The summed E-state index contributed by atoms with van der Waals surface area (Å²) in [4.78, 5) is 0. The van der Waals surface area contributed by atoms with Crippen LogP contribution in [0.5, 0.6) is 0 Å². The average molecular weight is 256 g/mol. The summed E-state index contributed by atoms with van der Waals surface area (Å²) in [6.45, 7) is 2.03. The van der Waals surface area contributed by atoms with Crippen LogP contribution in [0.1, 0.15) is 11.1 Å². The van der Waals surface area contributed by atoms with Gasteiger partial charge < -0.3 is 5.01 Å². The van der Waals surface area contributed by atoms with Gasteiger partial charge in [0.1, 0.15) is 5.82 Å². The number of hydrogen-bond donors (Lipinski definition) is 0. The van der Waals surface area contributed by atoms with E-state index >= 15 is 0 Å². The van der Waals surface area contributed by atoms with Gasteiger partial charge >= 0.3 is 0 Å². The number of hydrogen-bond acceptors (Lipinski definition) is 2. The Bertz CT molecular complexity index is 586. The van der Waals surface area contributed by atoms with E-state index in [0.29, 0.717) is 0 Å². The van der Waals surface area contributed by atoms with E-state index in [1.54, 1.807) is 23.4 Å². The lowest BCUT2D eigenvalue weighted by atomic mass is 9.99. The Morgan fingerprint density at radius 2 is 1.74 bits per heavy atom. The van der Waals surface area contributed by atoms with Gasteiger partial charge in [0.15, 0.2) is 0 Å². The van der Waals surface area contributed by atoms with Crippen LogP contribution >= 0.6 is 0 Å². The summed E-state index contributed by atoms with van der Waals surface area (Å²) >= 11 is 0. The zero-order valence-electron chi connectivity index (χ0n) is 11.4. The molecule has 0 aromatic heterocycles. The van der Waals surface area contributed by atoms with Crippen molar-refractivity contribution >= 4 is 6.21 Å². The lowest BCUT2D eigenvalue weighted by molar-refractivity contribution is 0.440. The Balaban J connectivity index is 2.48. The summed E-state index contributed by atoms with van der Waals surface area (Å²) in [5.41, 5.74) is 3.93. The quantitative estimate of drug-likeness (QED) is 0.604. The highest BCUT2D eigenvalue weighted by molar-refractivity contribution is 5.90. The third-order valence-electron chi connectivity index (χ3n) is 2.81. The fourth-order valence-corrected chi connectivity index (χ4v) is 1.80. The minimum absolute atomic E-state index is 0.238. The van der Waals surface area contributed by atoms with Gasteiger partial charge in [-0.15, -0.1) is 0 Å². The summed E-state index contributed by atoms with van der Waals surface area (Å²) < 4.78 is 13.5. The third-order valence-corrected chi connectivity index (χ3v) is 2.81. The number of hydrazone groups is 1. The normalized spacial score (nSPS) is 10.9. The van der Waals surface area contributed by atoms with Crippen LogP contribution in [0.15, 0.2) is 47.6 Å². The minimum atomic E-state index is -0.238. The van der Waals surface area contributed by atoms with Crippen molar-refractivity contribution in [3.05, 3.63) is 59.4 Å². The van der Waals surface area contributed by atoms with Gasteiger partial charge in [0.2, 0.25) is 0 Å². The number of nitrogens with zero attached hydrogens (tertiary/aromatic N) is 2. The molecule has 2 rings (SSSR count). The monoisotopic (exact) mass is 256 g/mol. The van der Waals surface area contributed by atoms with Crippen LogP contribution in [0.25, 0.3) is 11.1 Å². The number of benzene rings is 2. The molecule has 0 bridgehead atoms. The van der Waals surface area contributed by atoms with Gasteiger partial charge in [-0.05, 0) is 36.2 Å². The lowest BCUT2D eigenvalue weighted by Gasteiger charge is -2.08. The second kappa shape index (κ2) is 5.65. The predicted octanol–water partition coefficient (Wildman–Crippen LogP) is 3.70. The van der Waals surface area contributed by atoms with Crippen molar-refractivity contribution in [2.45, 2.75) is 6.92 Å². The van der Waals surface area contributed by atoms with Gasteiger partial charge in [0, 0.05) is 19.7 Å². The zero-order chi connectivity index (χ0) is 13.8. The van der Waals surface area contributed by atoms with Crippen molar-refractivity contribution < 1.29 is 4.39 Å². The summed E-state index contributed by atoms with van der Waals surface area (Å²) in [6.07, 6.45) is 1.74. The van der Waals surface area contributed by atoms with Crippen LogP contribution < -0.4 is 0 Å². The number of halogens is 1. The van der Waals surface area contributed by atoms with Crippen LogP contribution in [-0.4, -0.2) is 25.3 Å². The largest absolute Gasteiger partial charge is 0.303 e. The van der Waals surface area contributed by atoms with Crippen LogP contribution in [0, 0.1) is 12.7 Å². The molecule has 3 heteroatoms. The standard InChI is InChI=1S/C16H17FN2/c1-12-4-6-13(7-5-12)16-10-15(17)9-8-14(16)11-18-19(2)3/h4-11H,1-3H3/b18-11+. The highest BCUT2D eigenvalue weighted by atomic mass is 19.1. The van der Waals surface area contributed by atoms with Crippen LogP contribution in [0.4, 0.5) is 4.39 Å². The second-order valence-corrected chi connectivity index (χ2v) is 4.69. The van der Waals surface area contributed by atoms with E-state index in [-0.39, 0.29) is 5.82 Å². The van der Waals surface area contributed by atoms with Gasteiger partial charge in [-0.1, -0.05) is 29.8 Å². The first-order chi connectivity index (χ1) is 9.06. The van der Waals surface area contributed by atoms with Gasteiger partial charge in [-0.2, -0.15) is 5.10 Å². The van der Waals surface area contributed by atoms with Gasteiger partial charge in [-0.3, -0.25) is 0 Å². The Morgan fingerprint density at radius 1 is 1.05 bits per heavy atom. The van der Waals surface area contributed by atoms with Crippen LogP contribution in [-0.2, 0) is 0 Å². The van der Waals surface area contributed by atoms with Crippen LogP contribution in [0.3, 0.4) is 0 Å². The molecule has 0 radical (unpaired) electrons. The van der Waals surface area contributed by atoms with Crippen LogP contribution in [0.2, 0.25) is 0 Å². The van der Waals surface area contributed by atoms with E-state index in [4.69, 9.17) is 0 Å². The van der Waals surface area contributed by atoms with Gasteiger partial charge in [0.05, 0.1) is 6.21 Å². The van der Waals surface area contributed by atoms with Crippen molar-refractivity contribution in [1.29, 1.82) is 0 Å². The average Bonchev–Trinajstić information content (AvgIpc) is 2.38. The topological polar surface area (TPSA) is 15.6 Å². The molecule has 0 aliphatic heterocycles. The molecule has 2 nitrogen and oxygen atoms in total. The molecule has 0 saturated heterocycles. The molecule has 0 aliphatic rings. The first kappa shape index (κ1) is 13.3. The molecule has 0 unspecified atom stereocenters. The van der Waals surface area contributed by atoms with Crippen molar-refractivity contribution in [3.63, 3.8) is 0 Å². The fraction of sp³-hybridized carbons (Fsp3) is 0.188. The van der Waals surface area contributed by atoms with E-state index in [0.717, 1.165) is 16.7 Å². The van der Waals surface area contributed by atoms with E-state index in [2.05, 4.69) is 5.10 Å². The van der Waals surface area contributed by atoms with Crippen molar-refractivity contribution in [2.24, 2.45) is 5.10 Å². The lowest BCUT2D eigenvalue weighted by Crippen LogP contribution is -2.02. The Morgan fingerprint density at radius 3 is 2.37 bits per heavy atom. The maximum atomic E-state index is 13.5.